The number of pyridine rings is 1. The highest BCUT2D eigenvalue weighted by Crippen LogP contribution is 2.29. The van der Waals surface area contributed by atoms with Crippen molar-refractivity contribution in [3.05, 3.63) is 83.0 Å². The average Bonchev–Trinajstić information content (AvgIpc) is 3.30. The van der Waals surface area contributed by atoms with Crippen LogP contribution in [0.5, 0.6) is 0 Å². The fourth-order valence-corrected chi connectivity index (χ4v) is 4.10. The molecule has 0 N–H and O–H groups in total. The van der Waals surface area contributed by atoms with Gasteiger partial charge in [0.1, 0.15) is 0 Å². The predicted octanol–water partition coefficient (Wildman–Crippen LogP) is 5.15. The van der Waals surface area contributed by atoms with Gasteiger partial charge in [-0.25, -0.2) is 9.67 Å². The summed E-state index contributed by atoms with van der Waals surface area (Å²) in [5.41, 5.74) is 5.59. The second kappa shape index (κ2) is 10.5. The highest BCUT2D eigenvalue weighted by atomic mass is 16.5. The predicted molar refractivity (Wildman–Crippen MR) is 136 cm³/mol. The van der Waals surface area contributed by atoms with Crippen molar-refractivity contribution in [2.24, 2.45) is 0 Å². The minimum Gasteiger partial charge on any atom is -0.383 e. The van der Waals surface area contributed by atoms with E-state index in [-0.39, 0.29) is 11.9 Å². The molecule has 0 aliphatic rings. The van der Waals surface area contributed by atoms with Crippen molar-refractivity contribution in [3.63, 3.8) is 0 Å². The first-order valence-electron chi connectivity index (χ1n) is 11.6. The van der Waals surface area contributed by atoms with Crippen molar-refractivity contribution in [1.82, 2.24) is 19.7 Å². The number of hydrogen-bond acceptors (Lipinski definition) is 5. The summed E-state index contributed by atoms with van der Waals surface area (Å²) < 4.78 is 7.15. The molecule has 0 radical (unpaired) electrons. The summed E-state index contributed by atoms with van der Waals surface area (Å²) in [6.45, 7) is 7.37. The Labute approximate surface area is 205 Å². The number of rotatable bonds is 8. The number of carbonyl (C=O) groups is 1. The zero-order valence-electron chi connectivity index (χ0n) is 20.5. The fraction of sp³-hybridized carbons (Fsp3) is 0.286. The van der Waals surface area contributed by atoms with E-state index < -0.39 is 0 Å². The Morgan fingerprint density at radius 3 is 2.57 bits per heavy atom. The number of aromatic nitrogens is 3. The molecule has 2 aromatic carbocycles. The fourth-order valence-electron chi connectivity index (χ4n) is 4.10. The van der Waals surface area contributed by atoms with E-state index >= 15 is 0 Å². The van der Waals surface area contributed by atoms with Crippen LogP contribution >= 0.6 is 0 Å². The van der Waals surface area contributed by atoms with Gasteiger partial charge in [-0.15, -0.1) is 0 Å². The lowest BCUT2D eigenvalue weighted by Gasteiger charge is -2.23. The minimum atomic E-state index is -0.114. The Kier molecular flexibility index (Phi) is 7.23. The van der Waals surface area contributed by atoms with Crippen molar-refractivity contribution in [1.29, 1.82) is 5.26 Å². The number of benzene rings is 2. The van der Waals surface area contributed by atoms with Gasteiger partial charge in [0.15, 0.2) is 5.65 Å². The first-order valence-corrected chi connectivity index (χ1v) is 11.6. The van der Waals surface area contributed by atoms with Crippen LogP contribution in [0.15, 0.2) is 60.8 Å². The number of amides is 1. The number of carbonyl (C=O) groups excluding carboxylic acids is 1. The second-order valence-corrected chi connectivity index (χ2v) is 8.82. The summed E-state index contributed by atoms with van der Waals surface area (Å²) in [6.07, 6.45) is 1.73. The molecule has 2 aromatic heterocycles. The van der Waals surface area contributed by atoms with Gasteiger partial charge in [0.2, 0.25) is 0 Å². The maximum atomic E-state index is 14.0. The number of ether oxygens (including phenoxy) is 1. The zero-order chi connectivity index (χ0) is 24.9. The molecule has 4 rings (SSSR count). The van der Waals surface area contributed by atoms with Gasteiger partial charge in [0.25, 0.3) is 5.91 Å². The topological polar surface area (TPSA) is 84.0 Å². The molecule has 35 heavy (non-hydrogen) atoms. The smallest absolute Gasteiger partial charge is 0.255 e. The first-order chi connectivity index (χ1) is 16.9. The van der Waals surface area contributed by atoms with Gasteiger partial charge in [-0.2, -0.15) is 10.4 Å². The van der Waals surface area contributed by atoms with Gasteiger partial charge in [0.05, 0.1) is 41.1 Å². The molecule has 0 aliphatic heterocycles. The van der Waals surface area contributed by atoms with E-state index in [4.69, 9.17) is 15.0 Å². The third-order valence-corrected chi connectivity index (χ3v) is 6.02. The summed E-state index contributed by atoms with van der Waals surface area (Å²) in [5, 5.41) is 14.4. The molecule has 4 aromatic rings. The third-order valence-electron chi connectivity index (χ3n) is 6.02. The van der Waals surface area contributed by atoms with Crippen LogP contribution in [0.2, 0.25) is 0 Å². The average molecular weight is 468 g/mol. The number of aryl methyl sites for hydroxylation is 1. The SMILES string of the molecule is COCCN(Cc1ccc(C#N)cc1)C(=O)c1cc(-c2ccccc2C)nc2c1cnn2C(C)C. The van der Waals surface area contributed by atoms with E-state index in [1.165, 1.54) is 0 Å². The molecule has 0 unspecified atom stereocenters. The number of nitrogens with zero attached hydrogens (tertiary/aromatic N) is 5. The van der Waals surface area contributed by atoms with Gasteiger partial charge in [-0.3, -0.25) is 4.79 Å². The molecule has 7 nitrogen and oxygen atoms in total. The molecule has 0 atom stereocenters. The summed E-state index contributed by atoms with van der Waals surface area (Å²) in [6, 6.07) is 19.4. The number of nitriles is 1. The summed E-state index contributed by atoms with van der Waals surface area (Å²) >= 11 is 0. The van der Waals surface area contributed by atoms with E-state index in [9.17, 15) is 4.79 Å². The molecule has 1 amide bonds. The molecule has 0 fully saturated rings. The van der Waals surface area contributed by atoms with Crippen LogP contribution in [-0.2, 0) is 11.3 Å². The van der Waals surface area contributed by atoms with E-state index in [1.54, 1.807) is 30.3 Å². The normalized spacial score (nSPS) is 11.1. The van der Waals surface area contributed by atoms with E-state index in [0.29, 0.717) is 36.5 Å². The van der Waals surface area contributed by atoms with Crippen LogP contribution in [0.1, 0.15) is 46.9 Å². The van der Waals surface area contributed by atoms with Crippen molar-refractivity contribution < 1.29 is 9.53 Å². The summed E-state index contributed by atoms with van der Waals surface area (Å²) in [7, 11) is 1.62. The number of hydrogen-bond donors (Lipinski definition) is 0. The Hall–Kier alpha value is -4.02. The molecule has 7 heteroatoms. The van der Waals surface area contributed by atoms with Crippen LogP contribution in [-0.4, -0.2) is 45.8 Å². The Morgan fingerprint density at radius 2 is 1.91 bits per heavy atom. The third kappa shape index (κ3) is 5.08. The molecular formula is C28H29N5O2. The zero-order valence-corrected chi connectivity index (χ0v) is 20.5. The van der Waals surface area contributed by atoms with Gasteiger partial charge >= 0.3 is 0 Å². The van der Waals surface area contributed by atoms with Crippen LogP contribution in [0, 0.1) is 18.3 Å². The largest absolute Gasteiger partial charge is 0.383 e. The molecule has 0 saturated carbocycles. The summed E-state index contributed by atoms with van der Waals surface area (Å²) in [5.74, 6) is -0.114. The Morgan fingerprint density at radius 1 is 1.17 bits per heavy atom. The minimum absolute atomic E-state index is 0.0957. The molecule has 178 valence electrons. The van der Waals surface area contributed by atoms with Crippen molar-refractivity contribution in [2.75, 3.05) is 20.3 Å². The van der Waals surface area contributed by atoms with Crippen LogP contribution in [0.25, 0.3) is 22.3 Å². The Balaban J connectivity index is 1.82. The molecule has 0 saturated heterocycles. The van der Waals surface area contributed by atoms with Gasteiger partial charge in [-0.05, 0) is 50.1 Å². The molecule has 0 aliphatic carbocycles. The molecular weight excluding hydrogens is 438 g/mol. The number of methoxy groups -OCH3 is 1. The lowest BCUT2D eigenvalue weighted by Crippen LogP contribution is -2.33. The molecule has 2 heterocycles. The van der Waals surface area contributed by atoms with Crippen molar-refractivity contribution in [2.45, 2.75) is 33.4 Å². The van der Waals surface area contributed by atoms with Gasteiger partial charge in [-0.1, -0.05) is 36.4 Å². The van der Waals surface area contributed by atoms with Crippen molar-refractivity contribution in [3.8, 4) is 17.3 Å². The quantitative estimate of drug-likeness (QED) is 0.358. The van der Waals surface area contributed by atoms with Gasteiger partial charge < -0.3 is 9.64 Å². The second-order valence-electron chi connectivity index (χ2n) is 8.82. The molecule has 0 spiro atoms. The van der Waals surface area contributed by atoms with Crippen LogP contribution in [0.4, 0.5) is 0 Å². The lowest BCUT2D eigenvalue weighted by atomic mass is 10.0. The van der Waals surface area contributed by atoms with Crippen molar-refractivity contribution >= 4 is 16.9 Å². The maximum absolute atomic E-state index is 14.0. The maximum Gasteiger partial charge on any atom is 0.255 e. The highest BCUT2D eigenvalue weighted by molar-refractivity contribution is 6.06. The molecule has 0 bridgehead atoms. The summed E-state index contributed by atoms with van der Waals surface area (Å²) in [4.78, 5) is 20.7. The number of fused-ring (bicyclic) bond motifs is 1. The van der Waals surface area contributed by atoms with E-state index in [2.05, 4.69) is 11.2 Å². The Bertz CT molecular complexity index is 1380. The highest BCUT2D eigenvalue weighted by Gasteiger charge is 2.23. The van der Waals surface area contributed by atoms with Gasteiger partial charge in [0, 0.05) is 31.8 Å². The van der Waals surface area contributed by atoms with Crippen LogP contribution < -0.4 is 0 Å². The monoisotopic (exact) mass is 467 g/mol. The standard InChI is InChI=1S/C28H29N5O2/c1-19(2)33-27-25(17-30-33)24(15-26(31-27)23-8-6-5-7-20(23)3)28(34)32(13-14-35-4)18-22-11-9-21(16-29)10-12-22/h5-12,15,17,19H,13-14,18H2,1-4H3. The first kappa shape index (κ1) is 24.1. The van der Waals surface area contributed by atoms with E-state index in [0.717, 1.165) is 27.8 Å². The lowest BCUT2D eigenvalue weighted by molar-refractivity contribution is 0.0682. The van der Waals surface area contributed by atoms with Crippen LogP contribution in [0.3, 0.4) is 0 Å². The van der Waals surface area contributed by atoms with E-state index in [1.807, 2.05) is 67.9 Å².